The van der Waals surface area contributed by atoms with Crippen molar-refractivity contribution >= 4 is 75.9 Å². The molecule has 3 aromatic heterocycles. The van der Waals surface area contributed by atoms with Crippen LogP contribution in [0.1, 0.15) is 0 Å². The van der Waals surface area contributed by atoms with Crippen LogP contribution in [0.15, 0.2) is 243 Å². The third-order valence-corrected chi connectivity index (χ3v) is 13.9. The molecule has 14 aromatic rings. The minimum Gasteiger partial charge on any atom is -0.309 e. The SMILES string of the molecule is c1ccc(-c2ccc3c4ccccc4n(-c4cc(-c5ccc6c7ccccc7c7ccccc7c6c5)cc(-c5cc(-n6c7ccccc7c7ccccc76)nc(-c6ccccc6)n5)c4)c3c2)cc1. The van der Waals surface area contributed by atoms with Gasteiger partial charge in [0.1, 0.15) is 5.82 Å². The van der Waals surface area contributed by atoms with Crippen LogP contribution in [0.2, 0.25) is 0 Å². The largest absolute Gasteiger partial charge is 0.309 e. The van der Waals surface area contributed by atoms with Crippen LogP contribution in [0.5, 0.6) is 0 Å². The molecule has 14 rings (SSSR count). The van der Waals surface area contributed by atoms with E-state index in [-0.39, 0.29) is 0 Å². The Morgan fingerprint density at radius 2 is 0.676 bits per heavy atom. The van der Waals surface area contributed by atoms with Crippen LogP contribution in [0.25, 0.3) is 132 Å². The summed E-state index contributed by atoms with van der Waals surface area (Å²) in [6.45, 7) is 0. The van der Waals surface area contributed by atoms with E-state index in [0.29, 0.717) is 5.82 Å². The summed E-state index contributed by atoms with van der Waals surface area (Å²) in [5.41, 5.74) is 12.9. The van der Waals surface area contributed by atoms with Crippen molar-refractivity contribution in [2.45, 2.75) is 0 Å². The summed E-state index contributed by atoms with van der Waals surface area (Å²) in [5, 5.41) is 12.3. The van der Waals surface area contributed by atoms with Crippen molar-refractivity contribution in [3.05, 3.63) is 243 Å². The first kappa shape index (κ1) is 38.2. The Kier molecular flexibility index (Phi) is 8.55. The van der Waals surface area contributed by atoms with Gasteiger partial charge in [-0.25, -0.2) is 9.97 Å². The van der Waals surface area contributed by atoms with Gasteiger partial charge in [0, 0.05) is 44.4 Å². The zero-order valence-electron chi connectivity index (χ0n) is 36.9. The number of benzene rings is 11. The van der Waals surface area contributed by atoms with Crippen molar-refractivity contribution < 1.29 is 0 Å². The zero-order chi connectivity index (χ0) is 44.7. The van der Waals surface area contributed by atoms with Crippen molar-refractivity contribution in [3.8, 4) is 56.4 Å². The molecule has 0 aliphatic carbocycles. The molecule has 0 aliphatic rings. The first-order chi connectivity index (χ1) is 33.7. The van der Waals surface area contributed by atoms with Gasteiger partial charge in [-0.05, 0) is 103 Å². The van der Waals surface area contributed by atoms with E-state index in [0.717, 1.165) is 61.5 Å². The highest BCUT2D eigenvalue weighted by Gasteiger charge is 2.20. The maximum absolute atomic E-state index is 5.47. The lowest BCUT2D eigenvalue weighted by Gasteiger charge is -2.17. The number of rotatable bonds is 6. The van der Waals surface area contributed by atoms with Crippen LogP contribution in [0.3, 0.4) is 0 Å². The fourth-order valence-electron chi connectivity index (χ4n) is 10.8. The Balaban J connectivity index is 1.07. The molecule has 0 aliphatic heterocycles. The molecular weight excluding hydrogens is 825 g/mol. The topological polar surface area (TPSA) is 35.6 Å². The fraction of sp³-hybridized carbons (Fsp3) is 0. The summed E-state index contributed by atoms with van der Waals surface area (Å²) >= 11 is 0. The van der Waals surface area contributed by atoms with E-state index in [1.54, 1.807) is 0 Å². The molecule has 0 N–H and O–H groups in total. The summed E-state index contributed by atoms with van der Waals surface area (Å²) in [5.74, 6) is 1.48. The smallest absolute Gasteiger partial charge is 0.162 e. The van der Waals surface area contributed by atoms with E-state index in [9.17, 15) is 0 Å². The van der Waals surface area contributed by atoms with Gasteiger partial charge < -0.3 is 4.57 Å². The second kappa shape index (κ2) is 15.2. The molecule has 0 amide bonds. The number of fused-ring (bicyclic) bond motifs is 12. The van der Waals surface area contributed by atoms with Crippen molar-refractivity contribution in [2.75, 3.05) is 0 Å². The number of para-hydroxylation sites is 3. The van der Waals surface area contributed by atoms with Gasteiger partial charge in [-0.3, -0.25) is 4.57 Å². The van der Waals surface area contributed by atoms with Crippen LogP contribution in [-0.2, 0) is 0 Å². The van der Waals surface area contributed by atoms with Crippen LogP contribution in [-0.4, -0.2) is 19.1 Å². The van der Waals surface area contributed by atoms with Gasteiger partial charge in [-0.15, -0.1) is 0 Å². The number of aromatic nitrogens is 4. The Labute approximate surface area is 392 Å². The van der Waals surface area contributed by atoms with Gasteiger partial charge in [0.15, 0.2) is 5.82 Å². The van der Waals surface area contributed by atoms with Crippen LogP contribution in [0.4, 0.5) is 0 Å². The molecule has 68 heavy (non-hydrogen) atoms. The van der Waals surface area contributed by atoms with E-state index in [1.807, 2.05) is 6.07 Å². The summed E-state index contributed by atoms with van der Waals surface area (Å²) in [6.07, 6.45) is 0. The average Bonchev–Trinajstić information content (AvgIpc) is 3.94. The lowest BCUT2D eigenvalue weighted by Crippen LogP contribution is -2.03. The van der Waals surface area contributed by atoms with Gasteiger partial charge in [-0.2, -0.15) is 0 Å². The van der Waals surface area contributed by atoms with Crippen molar-refractivity contribution in [1.29, 1.82) is 0 Å². The summed E-state index contributed by atoms with van der Waals surface area (Å²) in [7, 11) is 0. The Bertz CT molecular complexity index is 4230. The maximum atomic E-state index is 5.47. The van der Waals surface area contributed by atoms with E-state index in [4.69, 9.17) is 9.97 Å². The molecule has 0 saturated heterocycles. The van der Waals surface area contributed by atoms with Crippen molar-refractivity contribution in [2.24, 2.45) is 0 Å². The van der Waals surface area contributed by atoms with E-state index in [2.05, 4.69) is 246 Å². The predicted molar refractivity (Wildman–Crippen MR) is 285 cm³/mol. The molecule has 3 heterocycles. The minimum absolute atomic E-state index is 0.667. The Morgan fingerprint density at radius 1 is 0.235 bits per heavy atom. The van der Waals surface area contributed by atoms with Crippen LogP contribution >= 0.6 is 0 Å². The highest BCUT2D eigenvalue weighted by Crippen LogP contribution is 2.41. The predicted octanol–water partition coefficient (Wildman–Crippen LogP) is 16.8. The second-order valence-corrected chi connectivity index (χ2v) is 17.7. The standard InChI is InChI=1S/C64H40N4/c1-3-17-41(18-4-1)44-32-34-56-55-27-11-14-28-59(55)67(62(56)39-44)47-36-45(43-31-33-52-50-23-8-7-21-48(50)49-22-9-10-24-51(49)57(52)38-43)35-46(37-47)58-40-63(66-64(65-58)42-19-5-2-6-20-42)68-60-29-15-12-25-53(60)54-26-13-16-30-61(54)68/h1-40H. The summed E-state index contributed by atoms with van der Waals surface area (Å²) < 4.78 is 4.74. The fourth-order valence-corrected chi connectivity index (χ4v) is 10.8. The molecule has 4 heteroatoms. The maximum Gasteiger partial charge on any atom is 0.162 e. The third kappa shape index (κ3) is 6.01. The molecule has 4 nitrogen and oxygen atoms in total. The average molecular weight is 865 g/mol. The monoisotopic (exact) mass is 864 g/mol. The van der Waals surface area contributed by atoms with Crippen molar-refractivity contribution in [1.82, 2.24) is 19.1 Å². The Morgan fingerprint density at radius 3 is 1.28 bits per heavy atom. The molecule has 0 saturated carbocycles. The van der Waals surface area contributed by atoms with E-state index < -0.39 is 0 Å². The first-order valence-electron chi connectivity index (χ1n) is 23.2. The molecule has 0 atom stereocenters. The highest BCUT2D eigenvalue weighted by molar-refractivity contribution is 6.26. The van der Waals surface area contributed by atoms with Gasteiger partial charge in [0.2, 0.25) is 0 Å². The normalized spacial score (nSPS) is 11.8. The third-order valence-electron chi connectivity index (χ3n) is 13.9. The van der Waals surface area contributed by atoms with Crippen LogP contribution < -0.4 is 0 Å². The molecule has 11 aromatic carbocycles. The van der Waals surface area contributed by atoms with E-state index in [1.165, 1.54) is 65.0 Å². The molecule has 0 bridgehead atoms. The number of hydrogen-bond donors (Lipinski definition) is 0. The molecule has 0 spiro atoms. The summed E-state index contributed by atoms with van der Waals surface area (Å²) in [4.78, 5) is 10.9. The Hall–Kier alpha value is -9.12. The van der Waals surface area contributed by atoms with Crippen molar-refractivity contribution in [3.63, 3.8) is 0 Å². The second-order valence-electron chi connectivity index (χ2n) is 17.7. The first-order valence-corrected chi connectivity index (χ1v) is 23.2. The summed E-state index contributed by atoms with van der Waals surface area (Å²) in [6, 6.07) is 87.7. The zero-order valence-corrected chi connectivity index (χ0v) is 36.9. The van der Waals surface area contributed by atoms with Gasteiger partial charge in [0.25, 0.3) is 0 Å². The molecule has 0 unspecified atom stereocenters. The van der Waals surface area contributed by atoms with E-state index >= 15 is 0 Å². The van der Waals surface area contributed by atoms with Gasteiger partial charge in [-0.1, -0.05) is 188 Å². The molecule has 316 valence electrons. The molecular formula is C64H40N4. The van der Waals surface area contributed by atoms with Crippen LogP contribution in [0, 0.1) is 0 Å². The number of nitrogens with zero attached hydrogens (tertiary/aromatic N) is 4. The molecule has 0 fully saturated rings. The quantitative estimate of drug-likeness (QED) is 0.156. The molecule has 0 radical (unpaired) electrons. The van der Waals surface area contributed by atoms with Gasteiger partial charge in [0.05, 0.1) is 27.8 Å². The minimum atomic E-state index is 0.667. The van der Waals surface area contributed by atoms with Gasteiger partial charge >= 0.3 is 0 Å². The lowest BCUT2D eigenvalue weighted by molar-refractivity contribution is 1.05. The lowest BCUT2D eigenvalue weighted by atomic mass is 9.91. The number of hydrogen-bond acceptors (Lipinski definition) is 2. The highest BCUT2D eigenvalue weighted by atomic mass is 15.1.